The van der Waals surface area contributed by atoms with E-state index in [-0.39, 0.29) is 24.9 Å². The summed E-state index contributed by atoms with van der Waals surface area (Å²) >= 11 is 0. The van der Waals surface area contributed by atoms with Gasteiger partial charge in [0.1, 0.15) is 12.4 Å². The van der Waals surface area contributed by atoms with Crippen molar-refractivity contribution in [1.29, 1.82) is 0 Å². The molecule has 2 aromatic carbocycles. The summed E-state index contributed by atoms with van der Waals surface area (Å²) in [5, 5.41) is 0. The van der Waals surface area contributed by atoms with Crippen LogP contribution in [-0.2, 0) is 4.79 Å². The molecule has 0 aliphatic rings. The molecule has 0 spiro atoms. The van der Waals surface area contributed by atoms with E-state index in [1.165, 1.54) is 11.0 Å². The summed E-state index contributed by atoms with van der Waals surface area (Å²) in [5.41, 5.74) is 1.99. The average molecular weight is 331 g/mol. The van der Waals surface area contributed by atoms with Crippen molar-refractivity contribution in [3.8, 4) is 11.5 Å². The van der Waals surface area contributed by atoms with Crippen LogP contribution in [0.4, 0.5) is 4.39 Å². The average Bonchev–Trinajstić information content (AvgIpc) is 2.55. The highest BCUT2D eigenvalue weighted by atomic mass is 19.1. The number of halogens is 1. The fraction of sp³-hybridized carbons (Fsp3) is 0.316. The fourth-order valence-corrected chi connectivity index (χ4v) is 2.25. The highest BCUT2D eigenvalue weighted by molar-refractivity contribution is 5.77. The monoisotopic (exact) mass is 331 g/mol. The summed E-state index contributed by atoms with van der Waals surface area (Å²) in [6.07, 6.45) is 0. The van der Waals surface area contributed by atoms with Gasteiger partial charge in [-0.3, -0.25) is 4.79 Å². The summed E-state index contributed by atoms with van der Waals surface area (Å²) in [7, 11) is 1.67. The van der Waals surface area contributed by atoms with Crippen LogP contribution in [0.25, 0.3) is 0 Å². The number of rotatable bonds is 7. The quantitative estimate of drug-likeness (QED) is 0.781. The van der Waals surface area contributed by atoms with Crippen LogP contribution in [0.2, 0.25) is 0 Å². The van der Waals surface area contributed by atoms with Crippen molar-refractivity contribution in [3.63, 3.8) is 0 Å². The van der Waals surface area contributed by atoms with Crippen LogP contribution in [0.15, 0.2) is 42.5 Å². The first kappa shape index (κ1) is 17.8. The SMILES string of the molecule is Cc1cccc(C)c1OCC(=O)N(C)CCOc1ccccc1F. The lowest BCUT2D eigenvalue weighted by Gasteiger charge is -2.19. The molecule has 0 unspecified atom stereocenters. The van der Waals surface area contributed by atoms with Gasteiger partial charge in [0.05, 0.1) is 6.54 Å². The van der Waals surface area contributed by atoms with Crippen molar-refractivity contribution in [2.75, 3.05) is 26.8 Å². The Morgan fingerprint density at radius 2 is 1.71 bits per heavy atom. The van der Waals surface area contributed by atoms with Crippen molar-refractivity contribution < 1.29 is 18.7 Å². The maximum atomic E-state index is 13.4. The molecule has 2 aromatic rings. The molecule has 0 bridgehead atoms. The lowest BCUT2D eigenvalue weighted by atomic mass is 10.1. The van der Waals surface area contributed by atoms with E-state index in [2.05, 4.69) is 0 Å². The largest absolute Gasteiger partial charge is 0.489 e. The van der Waals surface area contributed by atoms with E-state index in [9.17, 15) is 9.18 Å². The van der Waals surface area contributed by atoms with Gasteiger partial charge in [0.25, 0.3) is 5.91 Å². The molecule has 0 aliphatic heterocycles. The Balaban J connectivity index is 1.79. The molecule has 0 atom stereocenters. The molecule has 0 radical (unpaired) electrons. The molecule has 0 aromatic heterocycles. The molecular formula is C19H22FNO3. The molecular weight excluding hydrogens is 309 g/mol. The summed E-state index contributed by atoms with van der Waals surface area (Å²) < 4.78 is 24.4. The van der Waals surface area contributed by atoms with E-state index in [1.807, 2.05) is 32.0 Å². The van der Waals surface area contributed by atoms with Crippen molar-refractivity contribution in [1.82, 2.24) is 4.90 Å². The molecule has 0 aliphatic carbocycles. The van der Waals surface area contributed by atoms with Crippen LogP contribution < -0.4 is 9.47 Å². The zero-order valence-corrected chi connectivity index (χ0v) is 14.2. The minimum Gasteiger partial charge on any atom is -0.489 e. The van der Waals surface area contributed by atoms with Crippen LogP contribution in [0.1, 0.15) is 11.1 Å². The normalized spacial score (nSPS) is 10.3. The molecule has 0 saturated carbocycles. The predicted molar refractivity (Wildman–Crippen MR) is 90.9 cm³/mol. The molecule has 2 rings (SSSR count). The second-order valence-corrected chi connectivity index (χ2v) is 5.60. The third kappa shape index (κ3) is 4.72. The first-order chi connectivity index (χ1) is 11.5. The van der Waals surface area contributed by atoms with Gasteiger partial charge >= 0.3 is 0 Å². The van der Waals surface area contributed by atoms with Crippen LogP contribution >= 0.6 is 0 Å². The third-order valence-electron chi connectivity index (χ3n) is 3.70. The van der Waals surface area contributed by atoms with Crippen LogP contribution in [0.3, 0.4) is 0 Å². The number of hydrogen-bond acceptors (Lipinski definition) is 3. The maximum Gasteiger partial charge on any atom is 0.260 e. The van der Waals surface area contributed by atoms with Crippen LogP contribution in [0, 0.1) is 19.7 Å². The second kappa shape index (κ2) is 8.34. The molecule has 4 nitrogen and oxygen atoms in total. The Morgan fingerprint density at radius 3 is 2.38 bits per heavy atom. The Hall–Kier alpha value is -2.56. The first-order valence-corrected chi connectivity index (χ1v) is 7.79. The molecule has 128 valence electrons. The number of nitrogens with zero attached hydrogens (tertiary/aromatic N) is 1. The van der Waals surface area contributed by atoms with E-state index in [0.29, 0.717) is 6.54 Å². The van der Waals surface area contributed by atoms with Crippen LogP contribution in [-0.4, -0.2) is 37.6 Å². The first-order valence-electron chi connectivity index (χ1n) is 7.79. The van der Waals surface area contributed by atoms with E-state index in [0.717, 1.165) is 16.9 Å². The lowest BCUT2D eigenvalue weighted by molar-refractivity contribution is -0.132. The molecule has 24 heavy (non-hydrogen) atoms. The van der Waals surface area contributed by atoms with Crippen molar-refractivity contribution >= 4 is 5.91 Å². The number of amides is 1. The van der Waals surface area contributed by atoms with Crippen molar-refractivity contribution in [3.05, 3.63) is 59.4 Å². The van der Waals surface area contributed by atoms with Gasteiger partial charge in [0, 0.05) is 7.05 Å². The van der Waals surface area contributed by atoms with Gasteiger partial charge in [-0.15, -0.1) is 0 Å². The predicted octanol–water partition coefficient (Wildman–Crippen LogP) is 3.36. The number of likely N-dealkylation sites (N-methyl/N-ethyl adjacent to an activating group) is 1. The molecule has 0 saturated heterocycles. The van der Waals surface area contributed by atoms with Gasteiger partial charge in [-0.25, -0.2) is 4.39 Å². The van der Waals surface area contributed by atoms with Crippen molar-refractivity contribution in [2.24, 2.45) is 0 Å². The lowest BCUT2D eigenvalue weighted by Crippen LogP contribution is -2.34. The second-order valence-electron chi connectivity index (χ2n) is 5.60. The number of benzene rings is 2. The van der Waals surface area contributed by atoms with E-state index >= 15 is 0 Å². The number of para-hydroxylation sites is 2. The smallest absolute Gasteiger partial charge is 0.260 e. The van der Waals surface area contributed by atoms with Gasteiger partial charge in [0.15, 0.2) is 18.2 Å². The number of hydrogen-bond donors (Lipinski definition) is 0. The summed E-state index contributed by atoms with van der Waals surface area (Å²) in [4.78, 5) is 13.6. The minimum atomic E-state index is -0.412. The van der Waals surface area contributed by atoms with Gasteiger partial charge in [-0.1, -0.05) is 30.3 Å². The number of aryl methyl sites for hydroxylation is 2. The van der Waals surface area contributed by atoms with Gasteiger partial charge < -0.3 is 14.4 Å². The summed E-state index contributed by atoms with van der Waals surface area (Å²) in [6, 6.07) is 12.0. The Kier molecular flexibility index (Phi) is 6.18. The minimum absolute atomic E-state index is 0.0398. The third-order valence-corrected chi connectivity index (χ3v) is 3.70. The van der Waals surface area contributed by atoms with Gasteiger partial charge in [0.2, 0.25) is 0 Å². The molecule has 0 heterocycles. The maximum absolute atomic E-state index is 13.4. The van der Waals surface area contributed by atoms with Gasteiger partial charge in [-0.05, 0) is 37.1 Å². The molecule has 1 amide bonds. The molecule has 0 fully saturated rings. The fourth-order valence-electron chi connectivity index (χ4n) is 2.25. The highest BCUT2D eigenvalue weighted by Gasteiger charge is 2.12. The summed E-state index contributed by atoms with van der Waals surface area (Å²) in [6.45, 7) is 4.41. The molecule has 5 heteroatoms. The molecule has 0 N–H and O–H groups in total. The van der Waals surface area contributed by atoms with Crippen molar-refractivity contribution in [2.45, 2.75) is 13.8 Å². The Morgan fingerprint density at radius 1 is 1.04 bits per heavy atom. The standard InChI is InChI=1S/C19H22FNO3/c1-14-7-6-8-15(2)19(14)24-13-18(22)21(3)11-12-23-17-10-5-4-9-16(17)20/h4-10H,11-13H2,1-3H3. The zero-order chi connectivity index (χ0) is 17.5. The Labute approximate surface area is 141 Å². The topological polar surface area (TPSA) is 38.8 Å². The summed E-state index contributed by atoms with van der Waals surface area (Å²) in [5.74, 6) is 0.353. The number of carbonyl (C=O) groups is 1. The van der Waals surface area contributed by atoms with Gasteiger partial charge in [-0.2, -0.15) is 0 Å². The number of carbonyl (C=O) groups excluding carboxylic acids is 1. The zero-order valence-electron chi connectivity index (χ0n) is 14.2. The van der Waals surface area contributed by atoms with E-state index in [4.69, 9.17) is 9.47 Å². The van der Waals surface area contributed by atoms with E-state index in [1.54, 1.807) is 25.2 Å². The van der Waals surface area contributed by atoms with Crippen LogP contribution in [0.5, 0.6) is 11.5 Å². The van der Waals surface area contributed by atoms with E-state index < -0.39 is 5.82 Å². The Bertz CT molecular complexity index is 683. The highest BCUT2D eigenvalue weighted by Crippen LogP contribution is 2.22. The number of ether oxygens (including phenoxy) is 2.